The lowest BCUT2D eigenvalue weighted by Gasteiger charge is -2.25. The molecule has 1 saturated heterocycles. The molecule has 0 spiro atoms. The van der Waals surface area contributed by atoms with Gasteiger partial charge in [-0.15, -0.1) is 6.58 Å². The van der Waals surface area contributed by atoms with Gasteiger partial charge < -0.3 is 10.2 Å². The van der Waals surface area contributed by atoms with E-state index >= 15 is 0 Å². The Bertz CT molecular complexity index is 599. The molecular formula is C19H30N4O. The van der Waals surface area contributed by atoms with Gasteiger partial charge in [-0.3, -0.25) is 9.48 Å². The van der Waals surface area contributed by atoms with E-state index in [-0.39, 0.29) is 5.91 Å². The Morgan fingerprint density at radius 3 is 2.83 bits per heavy atom. The van der Waals surface area contributed by atoms with Crippen LogP contribution in [-0.2, 0) is 19.4 Å². The quantitative estimate of drug-likeness (QED) is 0.815. The molecule has 2 heterocycles. The van der Waals surface area contributed by atoms with Crippen LogP contribution in [0.15, 0.2) is 12.7 Å². The molecule has 0 bridgehead atoms. The third kappa shape index (κ3) is 3.56. The first-order chi connectivity index (χ1) is 11.6. The molecule has 0 aromatic carbocycles. The lowest BCUT2D eigenvalue weighted by Crippen LogP contribution is -2.36. The molecule has 1 atom stereocenters. The number of nitrogens with one attached hydrogen (secondary N) is 1. The van der Waals surface area contributed by atoms with Gasteiger partial charge >= 0.3 is 0 Å². The molecule has 1 aromatic heterocycles. The van der Waals surface area contributed by atoms with Crippen LogP contribution in [0.3, 0.4) is 0 Å². The zero-order valence-corrected chi connectivity index (χ0v) is 15.1. The first-order valence-electron chi connectivity index (χ1n) is 9.32. The standard InChI is InChI=1S/C19H30N4O/c1-4-9-20-15-7-8-17-16(12-15)18(21-23(17)13-14(2)3)19(24)22-10-5-6-11-22/h4,14-15,20H,1,5-13H2,2-3H3. The van der Waals surface area contributed by atoms with Gasteiger partial charge in [0.15, 0.2) is 5.69 Å². The third-order valence-electron chi connectivity index (χ3n) is 5.03. The van der Waals surface area contributed by atoms with Crippen molar-refractivity contribution in [3.05, 3.63) is 29.6 Å². The van der Waals surface area contributed by atoms with Crippen LogP contribution in [0, 0.1) is 5.92 Å². The Balaban J connectivity index is 1.88. The summed E-state index contributed by atoms with van der Waals surface area (Å²) >= 11 is 0. The predicted octanol–water partition coefficient (Wildman–Crippen LogP) is 2.41. The highest BCUT2D eigenvalue weighted by Gasteiger charge is 2.31. The molecule has 2 aliphatic rings. The number of nitrogens with zero attached hydrogens (tertiary/aromatic N) is 3. The molecule has 1 unspecified atom stereocenters. The first-order valence-corrected chi connectivity index (χ1v) is 9.32. The van der Waals surface area contributed by atoms with Crippen LogP contribution >= 0.6 is 0 Å². The molecule has 132 valence electrons. The van der Waals surface area contributed by atoms with E-state index in [1.807, 2.05) is 11.0 Å². The van der Waals surface area contributed by atoms with Crippen LogP contribution in [0.2, 0.25) is 0 Å². The fraction of sp³-hybridized carbons (Fsp3) is 0.684. The molecule has 1 amide bonds. The molecule has 1 N–H and O–H groups in total. The maximum atomic E-state index is 13.0. The van der Waals surface area contributed by atoms with E-state index in [1.54, 1.807) is 0 Å². The van der Waals surface area contributed by atoms with Crippen molar-refractivity contribution < 1.29 is 4.79 Å². The molecule has 3 rings (SSSR count). The number of hydrogen-bond acceptors (Lipinski definition) is 3. The molecule has 0 radical (unpaired) electrons. The molecule has 1 aliphatic heterocycles. The third-order valence-corrected chi connectivity index (χ3v) is 5.03. The van der Waals surface area contributed by atoms with E-state index < -0.39 is 0 Å². The molecule has 5 nitrogen and oxygen atoms in total. The Labute approximate surface area is 145 Å². The topological polar surface area (TPSA) is 50.2 Å². The fourth-order valence-electron chi connectivity index (χ4n) is 3.85. The number of likely N-dealkylation sites (tertiary alicyclic amines) is 1. The summed E-state index contributed by atoms with van der Waals surface area (Å²) in [5.41, 5.74) is 3.17. The van der Waals surface area contributed by atoms with Crippen molar-refractivity contribution >= 4 is 5.91 Å². The summed E-state index contributed by atoms with van der Waals surface area (Å²) in [6.07, 6.45) is 7.12. The van der Waals surface area contributed by atoms with Gasteiger partial charge in [0, 0.05) is 43.5 Å². The van der Waals surface area contributed by atoms with Crippen LogP contribution < -0.4 is 5.32 Å². The average molecular weight is 330 g/mol. The smallest absolute Gasteiger partial charge is 0.274 e. The zero-order chi connectivity index (χ0) is 17.1. The van der Waals surface area contributed by atoms with Gasteiger partial charge in [-0.25, -0.2) is 0 Å². The van der Waals surface area contributed by atoms with Crippen molar-refractivity contribution in [2.75, 3.05) is 19.6 Å². The second kappa shape index (κ2) is 7.51. The second-order valence-electron chi connectivity index (χ2n) is 7.49. The summed E-state index contributed by atoms with van der Waals surface area (Å²) in [6.45, 7) is 11.6. The summed E-state index contributed by atoms with van der Waals surface area (Å²) < 4.78 is 2.10. The molecular weight excluding hydrogens is 300 g/mol. The van der Waals surface area contributed by atoms with Gasteiger partial charge in [0.1, 0.15) is 0 Å². The predicted molar refractivity (Wildman–Crippen MR) is 96.2 cm³/mol. The molecule has 5 heteroatoms. The largest absolute Gasteiger partial charge is 0.337 e. The fourth-order valence-corrected chi connectivity index (χ4v) is 3.85. The van der Waals surface area contributed by atoms with E-state index in [0.717, 1.165) is 58.3 Å². The highest BCUT2D eigenvalue weighted by Crippen LogP contribution is 2.27. The SMILES string of the molecule is C=CCNC1CCc2c(c(C(=O)N3CCCC3)nn2CC(C)C)C1. The van der Waals surface area contributed by atoms with Crippen LogP contribution in [0.25, 0.3) is 0 Å². The summed E-state index contributed by atoms with van der Waals surface area (Å²) in [4.78, 5) is 14.9. The number of rotatable bonds is 6. The minimum absolute atomic E-state index is 0.135. The van der Waals surface area contributed by atoms with E-state index in [9.17, 15) is 4.79 Å². The molecule has 0 saturated carbocycles. The van der Waals surface area contributed by atoms with Crippen molar-refractivity contribution in [2.45, 2.75) is 58.5 Å². The van der Waals surface area contributed by atoms with Crippen molar-refractivity contribution in [2.24, 2.45) is 5.92 Å². The highest BCUT2D eigenvalue weighted by atomic mass is 16.2. The second-order valence-corrected chi connectivity index (χ2v) is 7.49. The summed E-state index contributed by atoms with van der Waals surface area (Å²) in [5.74, 6) is 0.663. The van der Waals surface area contributed by atoms with Crippen molar-refractivity contribution in [3.8, 4) is 0 Å². The number of carbonyl (C=O) groups excluding carboxylic acids is 1. The highest BCUT2D eigenvalue weighted by molar-refractivity contribution is 5.94. The lowest BCUT2D eigenvalue weighted by atomic mass is 9.91. The van der Waals surface area contributed by atoms with Crippen LogP contribution in [-0.4, -0.2) is 46.3 Å². The summed E-state index contributed by atoms with van der Waals surface area (Å²) in [7, 11) is 0. The van der Waals surface area contributed by atoms with E-state index in [4.69, 9.17) is 5.10 Å². The minimum Gasteiger partial charge on any atom is -0.337 e. The molecule has 1 fully saturated rings. The number of amides is 1. The maximum absolute atomic E-state index is 13.0. The number of fused-ring (bicyclic) bond motifs is 1. The van der Waals surface area contributed by atoms with Crippen LogP contribution in [0.4, 0.5) is 0 Å². The van der Waals surface area contributed by atoms with Gasteiger partial charge in [-0.05, 0) is 38.0 Å². The van der Waals surface area contributed by atoms with Gasteiger partial charge in [0.05, 0.1) is 0 Å². The van der Waals surface area contributed by atoms with Crippen LogP contribution in [0.5, 0.6) is 0 Å². The normalized spacial score (nSPS) is 20.5. The van der Waals surface area contributed by atoms with Crippen LogP contribution in [0.1, 0.15) is 54.9 Å². The molecule has 24 heavy (non-hydrogen) atoms. The van der Waals surface area contributed by atoms with E-state index in [2.05, 4.69) is 30.4 Å². The number of carbonyl (C=O) groups is 1. The van der Waals surface area contributed by atoms with Gasteiger partial charge in [0.2, 0.25) is 0 Å². The van der Waals surface area contributed by atoms with Gasteiger partial charge in [-0.1, -0.05) is 19.9 Å². The minimum atomic E-state index is 0.135. The van der Waals surface area contributed by atoms with Crippen molar-refractivity contribution in [1.82, 2.24) is 20.0 Å². The van der Waals surface area contributed by atoms with Crippen molar-refractivity contribution in [1.29, 1.82) is 0 Å². The maximum Gasteiger partial charge on any atom is 0.274 e. The van der Waals surface area contributed by atoms with E-state index in [1.165, 1.54) is 11.3 Å². The van der Waals surface area contributed by atoms with Gasteiger partial charge in [-0.2, -0.15) is 5.10 Å². The monoisotopic (exact) mass is 330 g/mol. The Morgan fingerprint density at radius 2 is 2.17 bits per heavy atom. The Morgan fingerprint density at radius 1 is 1.42 bits per heavy atom. The number of hydrogen-bond donors (Lipinski definition) is 1. The lowest BCUT2D eigenvalue weighted by molar-refractivity contribution is 0.0784. The summed E-state index contributed by atoms with van der Waals surface area (Å²) in [5, 5.41) is 8.29. The average Bonchev–Trinajstić information content (AvgIpc) is 3.20. The zero-order valence-electron chi connectivity index (χ0n) is 15.1. The Kier molecular flexibility index (Phi) is 5.39. The van der Waals surface area contributed by atoms with E-state index in [0.29, 0.717) is 17.7 Å². The van der Waals surface area contributed by atoms with Gasteiger partial charge in [0.25, 0.3) is 5.91 Å². The summed E-state index contributed by atoms with van der Waals surface area (Å²) in [6, 6.07) is 0.414. The van der Waals surface area contributed by atoms with Crippen molar-refractivity contribution in [3.63, 3.8) is 0 Å². The first kappa shape index (κ1) is 17.2. The molecule has 1 aromatic rings. The molecule has 1 aliphatic carbocycles. The number of aromatic nitrogens is 2. The Hall–Kier alpha value is -1.62.